The van der Waals surface area contributed by atoms with Gasteiger partial charge in [-0.1, -0.05) is 0 Å². The number of aryl methyl sites for hydroxylation is 1. The molecule has 0 unspecified atom stereocenters. The van der Waals surface area contributed by atoms with Crippen molar-refractivity contribution in [1.29, 1.82) is 0 Å². The van der Waals surface area contributed by atoms with Crippen LogP contribution in [0.3, 0.4) is 0 Å². The van der Waals surface area contributed by atoms with Crippen LogP contribution in [-0.2, 0) is 13.6 Å². The maximum Gasteiger partial charge on any atom is 0.0521 e. The molecule has 3 rings (SSSR count). The first-order valence-corrected chi connectivity index (χ1v) is 5.17. The number of hydrogen-bond acceptors (Lipinski definition) is 3. The Balaban J connectivity index is 1.58. The summed E-state index contributed by atoms with van der Waals surface area (Å²) in [5, 5.41) is 7.53. The molecule has 4 heteroatoms. The van der Waals surface area contributed by atoms with Gasteiger partial charge < -0.3 is 5.32 Å². The second-order valence-corrected chi connectivity index (χ2v) is 4.69. The van der Waals surface area contributed by atoms with E-state index in [1.165, 1.54) is 31.9 Å². The molecule has 2 fully saturated rings. The molecule has 1 aromatic rings. The van der Waals surface area contributed by atoms with Crippen molar-refractivity contribution in [2.45, 2.75) is 6.54 Å². The van der Waals surface area contributed by atoms with Crippen LogP contribution in [0.2, 0.25) is 0 Å². The number of likely N-dealkylation sites (tertiary alicyclic amines) is 1. The predicted octanol–water partition coefficient (Wildman–Crippen LogP) is -0.175. The third kappa shape index (κ3) is 1.18. The first kappa shape index (κ1) is 8.44. The molecule has 0 atom stereocenters. The monoisotopic (exact) mass is 192 g/mol. The second kappa shape index (κ2) is 2.81. The van der Waals surface area contributed by atoms with E-state index in [0.717, 1.165) is 6.54 Å². The maximum atomic E-state index is 4.18. The van der Waals surface area contributed by atoms with Crippen LogP contribution in [0.1, 0.15) is 5.69 Å². The Kier molecular flexibility index (Phi) is 1.69. The Bertz CT molecular complexity index is 332. The molecular weight excluding hydrogens is 176 g/mol. The van der Waals surface area contributed by atoms with Crippen molar-refractivity contribution >= 4 is 0 Å². The van der Waals surface area contributed by atoms with Crippen LogP contribution in [0, 0.1) is 5.41 Å². The molecule has 1 spiro atoms. The summed E-state index contributed by atoms with van der Waals surface area (Å²) in [6, 6.07) is 2.10. The highest BCUT2D eigenvalue weighted by atomic mass is 15.3. The van der Waals surface area contributed by atoms with E-state index in [-0.39, 0.29) is 0 Å². The third-order valence-corrected chi connectivity index (χ3v) is 3.43. The molecular formula is C10H16N4. The van der Waals surface area contributed by atoms with E-state index in [1.807, 2.05) is 17.9 Å². The molecule has 1 N–H and O–H groups in total. The highest BCUT2D eigenvalue weighted by molar-refractivity contribution is 5.07. The summed E-state index contributed by atoms with van der Waals surface area (Å²) in [4.78, 5) is 2.50. The van der Waals surface area contributed by atoms with Gasteiger partial charge in [-0.05, 0) is 6.07 Å². The zero-order valence-electron chi connectivity index (χ0n) is 8.53. The van der Waals surface area contributed by atoms with E-state index in [0.29, 0.717) is 5.41 Å². The minimum atomic E-state index is 0.637. The smallest absolute Gasteiger partial charge is 0.0521 e. The van der Waals surface area contributed by atoms with Crippen LogP contribution in [0.25, 0.3) is 0 Å². The summed E-state index contributed by atoms with van der Waals surface area (Å²) in [5.41, 5.74) is 1.95. The van der Waals surface area contributed by atoms with E-state index < -0.39 is 0 Å². The molecule has 0 saturated carbocycles. The number of nitrogens with zero attached hydrogens (tertiary/aromatic N) is 3. The van der Waals surface area contributed by atoms with Crippen molar-refractivity contribution in [3.63, 3.8) is 0 Å². The van der Waals surface area contributed by atoms with Crippen molar-refractivity contribution in [3.8, 4) is 0 Å². The van der Waals surface area contributed by atoms with Crippen molar-refractivity contribution in [3.05, 3.63) is 18.0 Å². The van der Waals surface area contributed by atoms with Crippen LogP contribution >= 0.6 is 0 Å². The summed E-state index contributed by atoms with van der Waals surface area (Å²) in [5.74, 6) is 0. The Morgan fingerprint density at radius 2 is 2.29 bits per heavy atom. The molecule has 2 saturated heterocycles. The van der Waals surface area contributed by atoms with Gasteiger partial charge in [0.05, 0.1) is 5.69 Å². The van der Waals surface area contributed by atoms with Crippen LogP contribution in [0.4, 0.5) is 0 Å². The van der Waals surface area contributed by atoms with Gasteiger partial charge in [-0.15, -0.1) is 0 Å². The molecule has 2 aliphatic heterocycles. The zero-order chi connectivity index (χ0) is 9.60. The fourth-order valence-corrected chi connectivity index (χ4v) is 2.50. The van der Waals surface area contributed by atoms with E-state index in [9.17, 15) is 0 Å². The first-order valence-electron chi connectivity index (χ1n) is 5.17. The van der Waals surface area contributed by atoms with Crippen LogP contribution in [0.5, 0.6) is 0 Å². The summed E-state index contributed by atoms with van der Waals surface area (Å²) in [6.07, 6.45) is 1.87. The molecule has 1 aromatic heterocycles. The van der Waals surface area contributed by atoms with Gasteiger partial charge in [-0.25, -0.2) is 0 Å². The van der Waals surface area contributed by atoms with Gasteiger partial charge in [0.2, 0.25) is 0 Å². The van der Waals surface area contributed by atoms with Crippen molar-refractivity contribution in [2.75, 3.05) is 26.2 Å². The van der Waals surface area contributed by atoms with E-state index in [2.05, 4.69) is 21.4 Å². The number of aromatic nitrogens is 2. The summed E-state index contributed by atoms with van der Waals surface area (Å²) in [6.45, 7) is 6.00. The fourth-order valence-electron chi connectivity index (χ4n) is 2.50. The van der Waals surface area contributed by atoms with Crippen LogP contribution in [-0.4, -0.2) is 40.9 Å². The lowest BCUT2D eigenvalue weighted by Gasteiger charge is -2.56. The summed E-state index contributed by atoms with van der Waals surface area (Å²) < 4.78 is 1.96. The Morgan fingerprint density at radius 3 is 2.79 bits per heavy atom. The molecule has 0 radical (unpaired) electrons. The Hall–Kier alpha value is -0.870. The van der Waals surface area contributed by atoms with Gasteiger partial charge in [-0.3, -0.25) is 9.58 Å². The minimum Gasteiger partial charge on any atom is -0.315 e. The van der Waals surface area contributed by atoms with Gasteiger partial charge in [-0.2, -0.15) is 5.10 Å². The molecule has 14 heavy (non-hydrogen) atoms. The maximum absolute atomic E-state index is 4.18. The topological polar surface area (TPSA) is 33.1 Å². The largest absolute Gasteiger partial charge is 0.315 e. The average molecular weight is 192 g/mol. The van der Waals surface area contributed by atoms with E-state index in [1.54, 1.807) is 0 Å². The highest BCUT2D eigenvalue weighted by Crippen LogP contribution is 2.34. The molecule has 0 amide bonds. The zero-order valence-corrected chi connectivity index (χ0v) is 8.53. The summed E-state index contributed by atoms with van der Waals surface area (Å²) in [7, 11) is 2.01. The van der Waals surface area contributed by atoms with Crippen molar-refractivity contribution in [1.82, 2.24) is 20.0 Å². The normalized spacial score (nSPS) is 24.6. The standard InChI is InChI=1S/C10H16N4/c1-13-9(2-3-12-13)4-14-7-10(8-14)5-11-6-10/h2-3,11H,4-8H2,1H3. The molecule has 4 nitrogen and oxygen atoms in total. The fraction of sp³-hybridized carbons (Fsp3) is 0.700. The minimum absolute atomic E-state index is 0.637. The molecule has 3 heterocycles. The second-order valence-electron chi connectivity index (χ2n) is 4.69. The van der Waals surface area contributed by atoms with Crippen LogP contribution in [0.15, 0.2) is 12.3 Å². The molecule has 0 aliphatic carbocycles. The third-order valence-electron chi connectivity index (χ3n) is 3.43. The average Bonchev–Trinajstić information content (AvgIpc) is 2.39. The van der Waals surface area contributed by atoms with Crippen molar-refractivity contribution < 1.29 is 0 Å². The number of rotatable bonds is 2. The lowest BCUT2D eigenvalue weighted by atomic mass is 9.74. The van der Waals surface area contributed by atoms with Crippen molar-refractivity contribution in [2.24, 2.45) is 12.5 Å². The van der Waals surface area contributed by atoms with Gasteiger partial charge >= 0.3 is 0 Å². The van der Waals surface area contributed by atoms with Gasteiger partial charge in [0.25, 0.3) is 0 Å². The van der Waals surface area contributed by atoms with Gasteiger partial charge in [0.15, 0.2) is 0 Å². The Morgan fingerprint density at radius 1 is 1.50 bits per heavy atom. The lowest BCUT2D eigenvalue weighted by Crippen LogP contribution is -2.70. The van der Waals surface area contributed by atoms with Gasteiger partial charge in [0, 0.05) is 51.4 Å². The van der Waals surface area contributed by atoms with E-state index >= 15 is 0 Å². The predicted molar refractivity (Wildman–Crippen MR) is 53.8 cm³/mol. The van der Waals surface area contributed by atoms with E-state index in [4.69, 9.17) is 0 Å². The SMILES string of the molecule is Cn1nccc1CN1CC2(CNC2)C1. The molecule has 76 valence electrons. The molecule has 0 bridgehead atoms. The molecule has 0 aromatic carbocycles. The quantitative estimate of drug-likeness (QED) is 0.706. The highest BCUT2D eigenvalue weighted by Gasteiger charge is 2.47. The first-order chi connectivity index (χ1) is 6.77. The molecule has 2 aliphatic rings. The summed E-state index contributed by atoms with van der Waals surface area (Å²) >= 11 is 0. The van der Waals surface area contributed by atoms with Gasteiger partial charge in [0.1, 0.15) is 0 Å². The van der Waals surface area contributed by atoms with Crippen LogP contribution < -0.4 is 5.32 Å². The number of nitrogens with one attached hydrogen (secondary N) is 1. The Labute approximate surface area is 83.9 Å². The number of hydrogen-bond donors (Lipinski definition) is 1. The lowest BCUT2D eigenvalue weighted by molar-refractivity contribution is -0.0456.